The first-order chi connectivity index (χ1) is 9.24. The van der Waals surface area contributed by atoms with E-state index in [1.54, 1.807) is 0 Å². The lowest BCUT2D eigenvalue weighted by Crippen LogP contribution is -2.31. The lowest BCUT2D eigenvalue weighted by molar-refractivity contribution is 0.211. The molecule has 108 valence electrons. The molecule has 1 heterocycles. The number of aryl methyl sites for hydroxylation is 1. The molecule has 0 spiro atoms. The van der Waals surface area contributed by atoms with E-state index >= 15 is 0 Å². The van der Waals surface area contributed by atoms with Gasteiger partial charge in [0.15, 0.2) is 0 Å². The van der Waals surface area contributed by atoms with Crippen molar-refractivity contribution in [3.63, 3.8) is 0 Å². The topological polar surface area (TPSA) is 24.9 Å². The third-order valence-corrected chi connectivity index (χ3v) is 5.43. The Kier molecular flexibility index (Phi) is 5.83. The Balaban J connectivity index is 2.08. The van der Waals surface area contributed by atoms with Crippen molar-refractivity contribution < 1.29 is 0 Å². The standard InChI is InChI=1S/C16H28N2S/c1-4-9-17-16(15-11-18-12(3)19-15)14-8-6-7-13(5-2)10-14/h11,13-14,16-17H,4-10H2,1-3H3. The Bertz CT molecular complexity index is 375. The molecule has 1 N–H and O–H groups in total. The molecule has 1 aromatic rings. The summed E-state index contributed by atoms with van der Waals surface area (Å²) >= 11 is 1.88. The molecular weight excluding hydrogens is 252 g/mol. The second-order valence-corrected chi connectivity index (χ2v) is 7.18. The monoisotopic (exact) mass is 280 g/mol. The summed E-state index contributed by atoms with van der Waals surface area (Å²) in [5, 5.41) is 4.98. The van der Waals surface area contributed by atoms with Gasteiger partial charge < -0.3 is 5.32 Å². The molecule has 0 bridgehead atoms. The fourth-order valence-electron chi connectivity index (χ4n) is 3.33. The minimum absolute atomic E-state index is 0.542. The van der Waals surface area contributed by atoms with Crippen LogP contribution in [0.2, 0.25) is 0 Å². The van der Waals surface area contributed by atoms with Crippen LogP contribution in [0.4, 0.5) is 0 Å². The zero-order valence-corrected chi connectivity index (χ0v) is 13.4. The maximum absolute atomic E-state index is 4.46. The molecule has 19 heavy (non-hydrogen) atoms. The van der Waals surface area contributed by atoms with Crippen LogP contribution >= 0.6 is 11.3 Å². The lowest BCUT2D eigenvalue weighted by Gasteiger charge is -2.34. The molecule has 2 nitrogen and oxygen atoms in total. The van der Waals surface area contributed by atoms with E-state index in [9.17, 15) is 0 Å². The van der Waals surface area contributed by atoms with Crippen molar-refractivity contribution in [1.29, 1.82) is 0 Å². The average molecular weight is 280 g/mol. The number of aromatic nitrogens is 1. The molecule has 0 saturated heterocycles. The number of nitrogens with zero attached hydrogens (tertiary/aromatic N) is 1. The Morgan fingerprint density at radius 1 is 1.42 bits per heavy atom. The fraction of sp³-hybridized carbons (Fsp3) is 0.812. The molecule has 0 amide bonds. The number of hydrogen-bond donors (Lipinski definition) is 1. The van der Waals surface area contributed by atoms with Crippen molar-refractivity contribution in [3.8, 4) is 0 Å². The number of hydrogen-bond acceptors (Lipinski definition) is 3. The van der Waals surface area contributed by atoms with Crippen molar-refractivity contribution in [2.24, 2.45) is 11.8 Å². The first-order valence-corrected chi connectivity index (χ1v) is 8.71. The van der Waals surface area contributed by atoms with Crippen LogP contribution in [0, 0.1) is 18.8 Å². The van der Waals surface area contributed by atoms with Gasteiger partial charge >= 0.3 is 0 Å². The van der Waals surface area contributed by atoms with Crippen molar-refractivity contribution in [2.75, 3.05) is 6.54 Å². The second kappa shape index (κ2) is 7.39. The average Bonchev–Trinajstić information content (AvgIpc) is 2.86. The molecule has 1 fully saturated rings. The quantitative estimate of drug-likeness (QED) is 0.816. The molecule has 0 radical (unpaired) electrons. The molecule has 3 unspecified atom stereocenters. The van der Waals surface area contributed by atoms with E-state index in [4.69, 9.17) is 0 Å². The Morgan fingerprint density at radius 3 is 2.89 bits per heavy atom. The summed E-state index contributed by atoms with van der Waals surface area (Å²) in [6, 6.07) is 0.542. The third kappa shape index (κ3) is 4.03. The fourth-order valence-corrected chi connectivity index (χ4v) is 4.28. The van der Waals surface area contributed by atoms with Crippen LogP contribution in [-0.4, -0.2) is 11.5 Å². The van der Waals surface area contributed by atoms with Crippen LogP contribution in [0.15, 0.2) is 6.20 Å². The summed E-state index contributed by atoms with van der Waals surface area (Å²) in [6.45, 7) is 7.83. The molecule has 0 aliphatic heterocycles. The minimum Gasteiger partial charge on any atom is -0.309 e. The largest absolute Gasteiger partial charge is 0.309 e. The zero-order chi connectivity index (χ0) is 13.7. The van der Waals surface area contributed by atoms with E-state index < -0.39 is 0 Å². The van der Waals surface area contributed by atoms with Gasteiger partial charge in [0.05, 0.1) is 5.01 Å². The van der Waals surface area contributed by atoms with Crippen molar-refractivity contribution in [2.45, 2.75) is 65.3 Å². The summed E-state index contributed by atoms with van der Waals surface area (Å²) in [5.74, 6) is 1.75. The smallest absolute Gasteiger partial charge is 0.0897 e. The van der Waals surface area contributed by atoms with Crippen molar-refractivity contribution in [3.05, 3.63) is 16.1 Å². The summed E-state index contributed by atoms with van der Waals surface area (Å²) < 4.78 is 0. The minimum atomic E-state index is 0.542. The maximum atomic E-state index is 4.46. The summed E-state index contributed by atoms with van der Waals surface area (Å²) in [7, 11) is 0. The maximum Gasteiger partial charge on any atom is 0.0897 e. The molecular formula is C16H28N2S. The van der Waals surface area contributed by atoms with E-state index in [1.165, 1.54) is 48.4 Å². The molecule has 2 rings (SSSR count). The van der Waals surface area contributed by atoms with E-state index in [0.717, 1.165) is 18.4 Å². The van der Waals surface area contributed by atoms with Gasteiger partial charge in [-0.3, -0.25) is 0 Å². The first kappa shape index (κ1) is 15.0. The molecule has 3 atom stereocenters. The highest BCUT2D eigenvalue weighted by Crippen LogP contribution is 2.39. The summed E-state index contributed by atoms with van der Waals surface area (Å²) in [6.07, 6.45) is 10.3. The van der Waals surface area contributed by atoms with Gasteiger partial charge in [-0.1, -0.05) is 33.1 Å². The molecule has 1 aliphatic rings. The molecule has 1 saturated carbocycles. The van der Waals surface area contributed by atoms with Crippen LogP contribution in [0.5, 0.6) is 0 Å². The lowest BCUT2D eigenvalue weighted by atomic mass is 9.76. The van der Waals surface area contributed by atoms with Gasteiger partial charge in [-0.05, 0) is 44.6 Å². The highest BCUT2D eigenvalue weighted by molar-refractivity contribution is 7.11. The Hall–Kier alpha value is -0.410. The number of rotatable bonds is 6. The number of nitrogens with one attached hydrogen (secondary N) is 1. The third-order valence-electron chi connectivity index (χ3n) is 4.43. The van der Waals surface area contributed by atoms with E-state index in [2.05, 4.69) is 37.3 Å². The summed E-state index contributed by atoms with van der Waals surface area (Å²) in [5.41, 5.74) is 0. The first-order valence-electron chi connectivity index (χ1n) is 7.90. The van der Waals surface area contributed by atoms with Gasteiger partial charge in [0.25, 0.3) is 0 Å². The Morgan fingerprint density at radius 2 is 2.26 bits per heavy atom. The predicted octanol–water partition coefficient (Wildman–Crippen LogP) is 4.71. The highest BCUT2D eigenvalue weighted by atomic mass is 32.1. The molecule has 3 heteroatoms. The van der Waals surface area contributed by atoms with Gasteiger partial charge in [-0.2, -0.15) is 0 Å². The van der Waals surface area contributed by atoms with Crippen molar-refractivity contribution in [1.82, 2.24) is 10.3 Å². The number of thiazole rings is 1. The van der Waals surface area contributed by atoms with Crippen LogP contribution in [0.3, 0.4) is 0 Å². The normalized spacial score (nSPS) is 25.4. The van der Waals surface area contributed by atoms with E-state index in [0.29, 0.717) is 6.04 Å². The van der Waals surface area contributed by atoms with Crippen LogP contribution < -0.4 is 5.32 Å². The van der Waals surface area contributed by atoms with Gasteiger partial charge in [-0.25, -0.2) is 4.98 Å². The van der Waals surface area contributed by atoms with Gasteiger partial charge in [-0.15, -0.1) is 11.3 Å². The second-order valence-electron chi connectivity index (χ2n) is 5.91. The van der Waals surface area contributed by atoms with Crippen molar-refractivity contribution >= 4 is 11.3 Å². The SMILES string of the molecule is CCCNC(c1cnc(C)s1)C1CCCC(CC)C1. The zero-order valence-electron chi connectivity index (χ0n) is 12.6. The van der Waals surface area contributed by atoms with Crippen LogP contribution in [-0.2, 0) is 0 Å². The van der Waals surface area contributed by atoms with Crippen LogP contribution in [0.25, 0.3) is 0 Å². The molecule has 1 aromatic heterocycles. The van der Waals surface area contributed by atoms with Crippen LogP contribution in [0.1, 0.15) is 68.3 Å². The highest BCUT2D eigenvalue weighted by Gasteiger charge is 2.29. The molecule has 0 aromatic carbocycles. The van der Waals surface area contributed by atoms with Gasteiger partial charge in [0.1, 0.15) is 0 Å². The molecule has 1 aliphatic carbocycles. The van der Waals surface area contributed by atoms with E-state index in [1.807, 2.05) is 11.3 Å². The van der Waals surface area contributed by atoms with Gasteiger partial charge in [0.2, 0.25) is 0 Å². The van der Waals surface area contributed by atoms with Gasteiger partial charge in [0, 0.05) is 17.1 Å². The summed E-state index contributed by atoms with van der Waals surface area (Å²) in [4.78, 5) is 5.91. The predicted molar refractivity (Wildman–Crippen MR) is 83.6 cm³/mol. The van der Waals surface area contributed by atoms with E-state index in [-0.39, 0.29) is 0 Å². The Labute approximate surface area is 122 Å².